The van der Waals surface area contributed by atoms with E-state index in [4.69, 9.17) is 11.6 Å². The van der Waals surface area contributed by atoms with Gasteiger partial charge in [-0.15, -0.1) is 0 Å². The molecular formula is C15H18ClNO. The van der Waals surface area contributed by atoms with Crippen LogP contribution in [0, 0.1) is 5.92 Å². The first kappa shape index (κ1) is 12.0. The predicted octanol–water partition coefficient (Wildman–Crippen LogP) is 3.92. The van der Waals surface area contributed by atoms with E-state index in [1.807, 2.05) is 12.1 Å². The van der Waals surface area contributed by atoms with Gasteiger partial charge >= 0.3 is 0 Å². The normalized spacial score (nSPS) is 27.1. The molecule has 2 nitrogen and oxygen atoms in total. The SMILES string of the molecule is O=Cc1c(Cl)cccc1N1CCCC2CCCC21. The number of fused-ring (bicyclic) bond motifs is 1. The van der Waals surface area contributed by atoms with Crippen LogP contribution in [0.25, 0.3) is 0 Å². The summed E-state index contributed by atoms with van der Waals surface area (Å²) in [6, 6.07) is 6.40. The molecule has 96 valence electrons. The molecule has 1 aliphatic carbocycles. The lowest BCUT2D eigenvalue weighted by atomic mass is 9.91. The van der Waals surface area contributed by atoms with Crippen LogP contribution >= 0.6 is 11.6 Å². The van der Waals surface area contributed by atoms with Crippen molar-refractivity contribution in [2.24, 2.45) is 5.92 Å². The van der Waals surface area contributed by atoms with Gasteiger partial charge in [0.2, 0.25) is 0 Å². The number of halogens is 1. The summed E-state index contributed by atoms with van der Waals surface area (Å²) in [5.41, 5.74) is 1.70. The van der Waals surface area contributed by atoms with E-state index in [1.165, 1.54) is 32.1 Å². The number of hydrogen-bond acceptors (Lipinski definition) is 2. The van der Waals surface area contributed by atoms with E-state index in [9.17, 15) is 4.79 Å². The second-order valence-electron chi connectivity index (χ2n) is 5.38. The molecule has 1 saturated carbocycles. The fraction of sp³-hybridized carbons (Fsp3) is 0.533. The number of carbonyl (C=O) groups excluding carboxylic acids is 1. The molecule has 3 heteroatoms. The molecule has 0 spiro atoms. The highest BCUT2D eigenvalue weighted by Gasteiger charge is 2.35. The Morgan fingerprint density at radius 1 is 1.22 bits per heavy atom. The van der Waals surface area contributed by atoms with Crippen LogP contribution < -0.4 is 4.90 Å². The lowest BCUT2D eigenvalue weighted by Crippen LogP contribution is -2.43. The standard InChI is InChI=1S/C15H18ClNO/c16-13-6-2-8-15(12(13)10-18)17-9-3-5-11-4-1-7-14(11)17/h2,6,8,10-11,14H,1,3-5,7,9H2. The van der Waals surface area contributed by atoms with Gasteiger partial charge in [0, 0.05) is 18.3 Å². The van der Waals surface area contributed by atoms with Crippen molar-refractivity contribution >= 4 is 23.6 Å². The topological polar surface area (TPSA) is 20.3 Å². The smallest absolute Gasteiger partial charge is 0.153 e. The fourth-order valence-corrected chi connectivity index (χ4v) is 3.86. The minimum absolute atomic E-state index is 0.572. The first-order valence-corrected chi connectivity index (χ1v) is 7.19. The minimum atomic E-state index is 0.572. The number of nitrogens with zero attached hydrogens (tertiary/aromatic N) is 1. The molecule has 2 aliphatic rings. The van der Waals surface area contributed by atoms with E-state index >= 15 is 0 Å². The predicted molar refractivity (Wildman–Crippen MR) is 74.5 cm³/mol. The summed E-state index contributed by atoms with van der Waals surface area (Å²) in [6.45, 7) is 1.06. The second kappa shape index (κ2) is 4.93. The van der Waals surface area contributed by atoms with Crippen LogP contribution in [-0.4, -0.2) is 18.9 Å². The molecule has 0 N–H and O–H groups in total. The number of rotatable bonds is 2. The van der Waals surface area contributed by atoms with Crippen LogP contribution in [0.5, 0.6) is 0 Å². The van der Waals surface area contributed by atoms with E-state index in [0.717, 1.165) is 24.4 Å². The van der Waals surface area contributed by atoms with Crippen LogP contribution in [0.2, 0.25) is 5.02 Å². The number of benzene rings is 1. The van der Waals surface area contributed by atoms with Crippen LogP contribution in [0.1, 0.15) is 42.5 Å². The number of aldehydes is 1. The molecule has 2 unspecified atom stereocenters. The zero-order chi connectivity index (χ0) is 12.5. The average Bonchev–Trinajstić information content (AvgIpc) is 2.86. The van der Waals surface area contributed by atoms with Crippen molar-refractivity contribution in [1.29, 1.82) is 0 Å². The Morgan fingerprint density at radius 3 is 2.89 bits per heavy atom. The maximum Gasteiger partial charge on any atom is 0.153 e. The van der Waals surface area contributed by atoms with E-state index in [0.29, 0.717) is 16.6 Å². The Balaban J connectivity index is 1.98. The molecule has 0 aromatic heterocycles. The molecule has 1 aromatic carbocycles. The number of hydrogen-bond donors (Lipinski definition) is 0. The Hall–Kier alpha value is -1.02. The molecule has 18 heavy (non-hydrogen) atoms. The van der Waals surface area contributed by atoms with Crippen molar-refractivity contribution in [2.75, 3.05) is 11.4 Å². The molecule has 0 radical (unpaired) electrons. The molecule has 1 aromatic rings. The maximum atomic E-state index is 11.3. The third-order valence-electron chi connectivity index (χ3n) is 4.45. The van der Waals surface area contributed by atoms with Crippen LogP contribution in [-0.2, 0) is 0 Å². The van der Waals surface area contributed by atoms with Crippen molar-refractivity contribution in [3.05, 3.63) is 28.8 Å². The van der Waals surface area contributed by atoms with E-state index in [2.05, 4.69) is 4.90 Å². The lowest BCUT2D eigenvalue weighted by Gasteiger charge is -2.40. The van der Waals surface area contributed by atoms with E-state index in [1.54, 1.807) is 6.07 Å². The maximum absolute atomic E-state index is 11.3. The van der Waals surface area contributed by atoms with Gasteiger partial charge in [-0.2, -0.15) is 0 Å². The van der Waals surface area contributed by atoms with Crippen molar-refractivity contribution in [1.82, 2.24) is 0 Å². The molecule has 1 heterocycles. The van der Waals surface area contributed by atoms with Crippen LogP contribution in [0.15, 0.2) is 18.2 Å². The summed E-state index contributed by atoms with van der Waals surface area (Å²) in [5, 5.41) is 0.572. The largest absolute Gasteiger partial charge is 0.368 e. The molecule has 2 fully saturated rings. The van der Waals surface area contributed by atoms with Gasteiger partial charge < -0.3 is 4.90 Å². The molecule has 0 bridgehead atoms. The van der Waals surface area contributed by atoms with Crippen LogP contribution in [0.3, 0.4) is 0 Å². The Bertz CT molecular complexity index is 460. The van der Waals surface area contributed by atoms with E-state index in [-0.39, 0.29) is 0 Å². The molecule has 1 aliphatic heterocycles. The quantitative estimate of drug-likeness (QED) is 0.754. The average molecular weight is 264 g/mol. The van der Waals surface area contributed by atoms with Gasteiger partial charge in [0.1, 0.15) is 0 Å². The summed E-state index contributed by atoms with van der Waals surface area (Å²) in [5.74, 6) is 0.817. The minimum Gasteiger partial charge on any atom is -0.368 e. The highest BCUT2D eigenvalue weighted by atomic mass is 35.5. The summed E-state index contributed by atoms with van der Waals surface area (Å²) in [7, 11) is 0. The van der Waals surface area contributed by atoms with Crippen molar-refractivity contribution in [3.8, 4) is 0 Å². The van der Waals surface area contributed by atoms with Gasteiger partial charge in [-0.05, 0) is 43.7 Å². The van der Waals surface area contributed by atoms with Gasteiger partial charge in [-0.1, -0.05) is 24.1 Å². The molecule has 3 rings (SSSR count). The number of carbonyl (C=O) groups is 1. The molecule has 0 amide bonds. The highest BCUT2D eigenvalue weighted by Crippen LogP contribution is 2.40. The van der Waals surface area contributed by atoms with Crippen molar-refractivity contribution in [2.45, 2.75) is 38.1 Å². The molecule has 2 atom stereocenters. The third-order valence-corrected chi connectivity index (χ3v) is 4.78. The van der Waals surface area contributed by atoms with Gasteiger partial charge in [-0.25, -0.2) is 0 Å². The first-order valence-electron chi connectivity index (χ1n) is 6.81. The summed E-state index contributed by atoms with van der Waals surface area (Å²) in [6.07, 6.45) is 7.40. The monoisotopic (exact) mass is 263 g/mol. The summed E-state index contributed by atoms with van der Waals surface area (Å²) < 4.78 is 0. The Morgan fingerprint density at radius 2 is 2.06 bits per heavy atom. The van der Waals surface area contributed by atoms with Gasteiger partial charge in [0.05, 0.1) is 10.6 Å². The highest BCUT2D eigenvalue weighted by molar-refractivity contribution is 6.33. The first-order chi connectivity index (χ1) is 8.81. The second-order valence-corrected chi connectivity index (χ2v) is 5.79. The fourth-order valence-electron chi connectivity index (χ4n) is 3.65. The van der Waals surface area contributed by atoms with Gasteiger partial charge in [0.25, 0.3) is 0 Å². The van der Waals surface area contributed by atoms with E-state index < -0.39 is 0 Å². The van der Waals surface area contributed by atoms with Gasteiger partial charge in [-0.3, -0.25) is 4.79 Å². The zero-order valence-electron chi connectivity index (χ0n) is 10.4. The summed E-state index contributed by atoms with van der Waals surface area (Å²) >= 11 is 6.13. The zero-order valence-corrected chi connectivity index (χ0v) is 11.2. The van der Waals surface area contributed by atoms with Crippen molar-refractivity contribution < 1.29 is 4.79 Å². The summed E-state index contributed by atoms with van der Waals surface area (Å²) in [4.78, 5) is 13.7. The Labute approximate surface area is 113 Å². The van der Waals surface area contributed by atoms with Crippen LogP contribution in [0.4, 0.5) is 5.69 Å². The number of piperidine rings is 1. The molecule has 1 saturated heterocycles. The van der Waals surface area contributed by atoms with Gasteiger partial charge in [0.15, 0.2) is 6.29 Å². The molecular weight excluding hydrogens is 246 g/mol. The number of anilines is 1. The van der Waals surface area contributed by atoms with Crippen molar-refractivity contribution in [3.63, 3.8) is 0 Å². The lowest BCUT2D eigenvalue weighted by molar-refractivity contribution is 0.112. The third kappa shape index (κ3) is 1.93. The Kier molecular flexibility index (Phi) is 3.29.